The summed E-state index contributed by atoms with van der Waals surface area (Å²) in [6, 6.07) is 27.6. The fourth-order valence-electron chi connectivity index (χ4n) is 3.38. The molecule has 0 fully saturated rings. The minimum Gasteiger partial charge on any atom is -1.00 e. The fourth-order valence-corrected chi connectivity index (χ4v) is 3.55. The number of H-pyrrole nitrogens is 1. The summed E-state index contributed by atoms with van der Waals surface area (Å²) in [7, 11) is 0. The highest BCUT2D eigenvalue weighted by molar-refractivity contribution is 6.32. The van der Waals surface area contributed by atoms with Gasteiger partial charge in [0.15, 0.2) is 12.4 Å². The van der Waals surface area contributed by atoms with E-state index < -0.39 is 0 Å². The number of aromatic hydroxyl groups is 1. The standard InChI is InChI=1S/C19H14ClNO.C5H5N.BrH/c20-14-9-10-16-15(11-14)19-17(7-4-8-18(19)22)21(16)12-13-5-2-1-3-6-13;1-2-4-6-5-3-1;/h1-11,22H,12H2;1-5H;1H. The molecule has 0 saturated carbocycles. The predicted octanol–water partition coefficient (Wildman–Crippen LogP) is 2.71. The summed E-state index contributed by atoms with van der Waals surface area (Å²) in [5, 5.41) is 12.8. The number of fused-ring (bicyclic) bond motifs is 3. The van der Waals surface area contributed by atoms with Crippen LogP contribution in [0.2, 0.25) is 5.02 Å². The van der Waals surface area contributed by atoms with E-state index in [0.29, 0.717) is 5.02 Å². The molecule has 0 bridgehead atoms. The maximum absolute atomic E-state index is 10.3. The Morgan fingerprint density at radius 3 is 2.17 bits per heavy atom. The molecule has 5 heteroatoms. The van der Waals surface area contributed by atoms with E-state index >= 15 is 0 Å². The molecule has 0 atom stereocenters. The third-order valence-electron chi connectivity index (χ3n) is 4.62. The van der Waals surface area contributed by atoms with Gasteiger partial charge in [0.25, 0.3) is 0 Å². The number of nitrogens with one attached hydrogen (secondary N) is 1. The average molecular weight is 468 g/mol. The summed E-state index contributed by atoms with van der Waals surface area (Å²) >= 11 is 6.15. The highest BCUT2D eigenvalue weighted by Crippen LogP contribution is 2.36. The second kappa shape index (κ2) is 9.59. The van der Waals surface area contributed by atoms with Crippen molar-refractivity contribution in [3.8, 4) is 5.75 Å². The first-order chi connectivity index (χ1) is 13.7. The monoisotopic (exact) mass is 466 g/mol. The number of nitrogens with zero attached hydrogens (tertiary/aromatic N) is 1. The first-order valence-electron chi connectivity index (χ1n) is 9.08. The average Bonchev–Trinajstić information content (AvgIpc) is 3.04. The van der Waals surface area contributed by atoms with Crippen LogP contribution in [0.15, 0.2) is 97.3 Å². The highest BCUT2D eigenvalue weighted by Gasteiger charge is 2.14. The van der Waals surface area contributed by atoms with Gasteiger partial charge in [-0.3, -0.25) is 0 Å². The van der Waals surface area contributed by atoms with Gasteiger partial charge in [-0.1, -0.05) is 54.1 Å². The van der Waals surface area contributed by atoms with E-state index in [1.807, 2.05) is 79.1 Å². The van der Waals surface area contributed by atoms with Gasteiger partial charge in [0, 0.05) is 40.0 Å². The molecular formula is C24H20BrClN2O. The normalized spacial score (nSPS) is 10.2. The lowest BCUT2D eigenvalue weighted by Gasteiger charge is -2.07. The molecule has 0 aliphatic heterocycles. The van der Waals surface area contributed by atoms with E-state index in [-0.39, 0.29) is 22.7 Å². The lowest BCUT2D eigenvalue weighted by Crippen LogP contribution is -3.00. The van der Waals surface area contributed by atoms with E-state index in [9.17, 15) is 5.11 Å². The number of pyridine rings is 1. The van der Waals surface area contributed by atoms with E-state index in [2.05, 4.69) is 21.7 Å². The summed E-state index contributed by atoms with van der Waals surface area (Å²) < 4.78 is 2.22. The Labute approximate surface area is 185 Å². The third kappa shape index (κ3) is 4.61. The molecular weight excluding hydrogens is 448 g/mol. The molecule has 146 valence electrons. The molecule has 0 aliphatic carbocycles. The van der Waals surface area contributed by atoms with Gasteiger partial charge in [0.1, 0.15) is 5.75 Å². The van der Waals surface area contributed by atoms with Crippen LogP contribution < -0.4 is 22.0 Å². The number of aromatic nitrogens is 2. The van der Waals surface area contributed by atoms with Crippen LogP contribution in [-0.2, 0) is 6.54 Å². The van der Waals surface area contributed by atoms with Crippen molar-refractivity contribution in [2.45, 2.75) is 6.54 Å². The minimum absolute atomic E-state index is 0. The summed E-state index contributed by atoms with van der Waals surface area (Å²) in [5.41, 5.74) is 3.31. The topological polar surface area (TPSA) is 39.3 Å². The number of phenols is 1. The van der Waals surface area contributed by atoms with Gasteiger partial charge in [0.2, 0.25) is 0 Å². The van der Waals surface area contributed by atoms with Crippen molar-refractivity contribution in [3.63, 3.8) is 0 Å². The molecule has 0 amide bonds. The van der Waals surface area contributed by atoms with Crippen molar-refractivity contribution in [3.05, 3.63) is 108 Å². The quantitative estimate of drug-likeness (QED) is 0.426. The smallest absolute Gasteiger partial charge is 0.166 e. The molecule has 0 aliphatic rings. The maximum Gasteiger partial charge on any atom is 0.166 e. The molecule has 0 spiro atoms. The fraction of sp³-hybridized carbons (Fsp3) is 0.0417. The van der Waals surface area contributed by atoms with Crippen LogP contribution in [0.25, 0.3) is 21.8 Å². The zero-order valence-electron chi connectivity index (χ0n) is 15.6. The van der Waals surface area contributed by atoms with Crippen LogP contribution in [0.5, 0.6) is 5.75 Å². The van der Waals surface area contributed by atoms with Crippen LogP contribution in [-0.4, -0.2) is 9.67 Å². The van der Waals surface area contributed by atoms with Gasteiger partial charge in [-0.25, -0.2) is 4.98 Å². The van der Waals surface area contributed by atoms with Crippen LogP contribution in [0.3, 0.4) is 0 Å². The Morgan fingerprint density at radius 1 is 0.793 bits per heavy atom. The molecule has 2 heterocycles. The molecule has 2 aromatic heterocycles. The van der Waals surface area contributed by atoms with Gasteiger partial charge in [0.05, 0.1) is 5.52 Å². The van der Waals surface area contributed by atoms with Crippen LogP contribution in [0.4, 0.5) is 0 Å². The Bertz CT molecular complexity index is 1180. The SMILES string of the molecule is Oc1cccc2c1c1cc(Cl)ccc1n2Cc1ccccc1.[Br-].c1cc[nH+]cc1. The summed E-state index contributed by atoms with van der Waals surface area (Å²) in [5.74, 6) is 0.288. The molecule has 5 rings (SSSR count). The number of halogens is 2. The van der Waals surface area contributed by atoms with E-state index in [1.54, 1.807) is 6.07 Å². The van der Waals surface area contributed by atoms with Gasteiger partial charge in [-0.05, 0) is 35.9 Å². The molecule has 0 unspecified atom stereocenters. The Kier molecular flexibility index (Phi) is 6.91. The molecule has 0 radical (unpaired) electrons. The lowest BCUT2D eigenvalue weighted by molar-refractivity contribution is -0.377. The highest BCUT2D eigenvalue weighted by atomic mass is 79.9. The molecule has 0 saturated heterocycles. The zero-order valence-corrected chi connectivity index (χ0v) is 17.9. The third-order valence-corrected chi connectivity index (χ3v) is 4.86. The van der Waals surface area contributed by atoms with E-state index in [1.165, 1.54) is 5.56 Å². The van der Waals surface area contributed by atoms with Crippen molar-refractivity contribution < 1.29 is 27.1 Å². The van der Waals surface area contributed by atoms with Crippen LogP contribution >= 0.6 is 11.6 Å². The number of phenolic OH excluding ortho intramolecular Hbond substituents is 1. The van der Waals surface area contributed by atoms with Crippen molar-refractivity contribution in [1.29, 1.82) is 0 Å². The van der Waals surface area contributed by atoms with Gasteiger partial charge in [-0.15, -0.1) is 0 Å². The number of aromatic amines is 1. The molecule has 5 aromatic rings. The van der Waals surface area contributed by atoms with Crippen molar-refractivity contribution in [2.24, 2.45) is 0 Å². The van der Waals surface area contributed by atoms with Crippen molar-refractivity contribution >= 4 is 33.4 Å². The lowest BCUT2D eigenvalue weighted by atomic mass is 10.1. The van der Waals surface area contributed by atoms with Crippen LogP contribution in [0, 0.1) is 0 Å². The summed E-state index contributed by atoms with van der Waals surface area (Å²) in [6.07, 6.45) is 3.75. The summed E-state index contributed by atoms with van der Waals surface area (Å²) in [4.78, 5) is 2.89. The second-order valence-corrected chi connectivity index (χ2v) is 6.92. The largest absolute Gasteiger partial charge is 1.00 e. The number of hydrogen-bond acceptors (Lipinski definition) is 1. The minimum atomic E-state index is 0. The zero-order chi connectivity index (χ0) is 19.3. The van der Waals surface area contributed by atoms with Crippen molar-refractivity contribution in [1.82, 2.24) is 4.57 Å². The van der Waals surface area contributed by atoms with Gasteiger partial charge < -0.3 is 26.7 Å². The first kappa shape index (κ1) is 20.9. The Balaban J connectivity index is 0.000000297. The van der Waals surface area contributed by atoms with Gasteiger partial charge in [-0.2, -0.15) is 0 Å². The van der Waals surface area contributed by atoms with Crippen LogP contribution in [0.1, 0.15) is 5.56 Å². The second-order valence-electron chi connectivity index (χ2n) is 6.48. The first-order valence-corrected chi connectivity index (χ1v) is 9.46. The molecule has 2 N–H and O–H groups in total. The number of hydrogen-bond donors (Lipinski definition) is 1. The molecule has 29 heavy (non-hydrogen) atoms. The predicted molar refractivity (Wildman–Crippen MR) is 115 cm³/mol. The Morgan fingerprint density at radius 2 is 1.52 bits per heavy atom. The number of rotatable bonds is 2. The van der Waals surface area contributed by atoms with E-state index in [4.69, 9.17) is 11.6 Å². The maximum atomic E-state index is 10.3. The van der Waals surface area contributed by atoms with E-state index in [0.717, 1.165) is 28.4 Å². The van der Waals surface area contributed by atoms with Crippen molar-refractivity contribution in [2.75, 3.05) is 0 Å². The summed E-state index contributed by atoms with van der Waals surface area (Å²) in [6.45, 7) is 0.756. The molecule has 3 nitrogen and oxygen atoms in total. The molecule has 3 aromatic carbocycles. The number of benzene rings is 3. The van der Waals surface area contributed by atoms with Gasteiger partial charge >= 0.3 is 0 Å². The Hall–Kier alpha value is -2.82.